The Bertz CT molecular complexity index is 439. The molecule has 0 radical (unpaired) electrons. The van der Waals surface area contributed by atoms with Crippen LogP contribution in [0.15, 0.2) is 17.5 Å². The van der Waals surface area contributed by atoms with Crippen molar-refractivity contribution in [3.8, 4) is 0 Å². The Hall–Kier alpha value is -1.40. The third-order valence-electron chi connectivity index (χ3n) is 3.52. The van der Waals surface area contributed by atoms with Crippen molar-refractivity contribution >= 4 is 23.2 Å². The molecule has 1 aromatic heterocycles. The number of likely N-dealkylation sites (N-methyl/N-ethyl adjacent to an activating group) is 1. The summed E-state index contributed by atoms with van der Waals surface area (Å²) in [6.45, 7) is 6.62. The van der Waals surface area contributed by atoms with Crippen LogP contribution in [0.1, 0.15) is 11.8 Å². The summed E-state index contributed by atoms with van der Waals surface area (Å²) < 4.78 is 0. The molecule has 6 heteroatoms. The van der Waals surface area contributed by atoms with E-state index in [1.54, 1.807) is 11.3 Å². The van der Waals surface area contributed by atoms with E-state index in [2.05, 4.69) is 17.1 Å². The van der Waals surface area contributed by atoms with Gasteiger partial charge in [0.2, 0.25) is 11.8 Å². The highest BCUT2D eigenvalue weighted by Crippen LogP contribution is 2.08. The zero-order valence-electron chi connectivity index (χ0n) is 11.8. The second kappa shape index (κ2) is 7.40. The molecule has 0 spiro atoms. The number of carbonyl (C=O) groups excluding carboxylic acids is 2. The molecule has 1 aliphatic rings. The van der Waals surface area contributed by atoms with Crippen LogP contribution in [0.2, 0.25) is 0 Å². The molecule has 0 bridgehead atoms. The third-order valence-corrected chi connectivity index (χ3v) is 4.40. The first-order valence-electron chi connectivity index (χ1n) is 6.98. The molecule has 0 aromatic carbocycles. The minimum Gasteiger partial charge on any atom is -0.347 e. The van der Waals surface area contributed by atoms with Crippen LogP contribution in [0, 0.1) is 0 Å². The highest BCUT2D eigenvalue weighted by Gasteiger charge is 2.20. The molecule has 110 valence electrons. The lowest BCUT2D eigenvalue weighted by Gasteiger charge is -2.34. The number of hydrogen-bond donors (Lipinski definition) is 1. The summed E-state index contributed by atoms with van der Waals surface area (Å²) in [5.74, 6) is -0.0757. The van der Waals surface area contributed by atoms with Gasteiger partial charge >= 0.3 is 0 Å². The number of rotatable bonds is 5. The van der Waals surface area contributed by atoms with Crippen LogP contribution in [0.3, 0.4) is 0 Å². The second-order valence-corrected chi connectivity index (χ2v) is 5.88. The highest BCUT2D eigenvalue weighted by molar-refractivity contribution is 7.10. The minimum atomic E-state index is -0.0898. The first-order chi connectivity index (χ1) is 9.69. The number of nitrogens with one attached hydrogen (secondary N) is 1. The molecule has 1 aromatic rings. The molecule has 0 atom stereocenters. The molecular weight excluding hydrogens is 274 g/mol. The molecule has 0 unspecified atom stereocenters. The van der Waals surface area contributed by atoms with E-state index in [1.807, 2.05) is 22.4 Å². The van der Waals surface area contributed by atoms with Gasteiger partial charge < -0.3 is 15.1 Å². The lowest BCUT2D eigenvalue weighted by Crippen LogP contribution is -2.51. The number of thiophene rings is 1. The van der Waals surface area contributed by atoms with E-state index >= 15 is 0 Å². The van der Waals surface area contributed by atoms with E-state index in [4.69, 9.17) is 0 Å². The van der Waals surface area contributed by atoms with E-state index in [9.17, 15) is 9.59 Å². The van der Waals surface area contributed by atoms with Crippen LogP contribution in [0.25, 0.3) is 0 Å². The molecule has 2 rings (SSSR count). The molecule has 5 nitrogen and oxygen atoms in total. The molecular formula is C14H21N3O2S. The lowest BCUT2D eigenvalue weighted by atomic mass is 10.3. The van der Waals surface area contributed by atoms with Crippen LogP contribution in [-0.4, -0.2) is 60.9 Å². The molecule has 1 aliphatic heterocycles. The van der Waals surface area contributed by atoms with Gasteiger partial charge in [0.1, 0.15) is 0 Å². The standard InChI is InChI=1S/C14H21N3O2S/c1-2-16-5-7-17(8-6-16)14(19)11-15-13(18)10-12-4-3-9-20-12/h3-4,9H,2,5-8,10-11H2,1H3,(H,15,18). The van der Waals surface area contributed by atoms with Gasteiger partial charge in [-0.1, -0.05) is 13.0 Å². The molecule has 0 saturated carbocycles. The maximum Gasteiger partial charge on any atom is 0.242 e. The number of amides is 2. The number of nitrogens with zero attached hydrogens (tertiary/aromatic N) is 2. The maximum atomic E-state index is 12.0. The summed E-state index contributed by atoms with van der Waals surface area (Å²) in [5.41, 5.74) is 0. The Labute approximate surface area is 123 Å². The molecule has 2 heterocycles. The van der Waals surface area contributed by atoms with Gasteiger partial charge in [0.15, 0.2) is 0 Å². The number of carbonyl (C=O) groups is 2. The van der Waals surface area contributed by atoms with E-state index in [0.29, 0.717) is 6.42 Å². The maximum absolute atomic E-state index is 12.0. The number of piperazine rings is 1. The number of hydrogen-bond acceptors (Lipinski definition) is 4. The summed E-state index contributed by atoms with van der Waals surface area (Å²) in [7, 11) is 0. The second-order valence-electron chi connectivity index (χ2n) is 4.85. The molecule has 0 aliphatic carbocycles. The molecule has 1 fully saturated rings. The van der Waals surface area contributed by atoms with Crippen LogP contribution in [0.4, 0.5) is 0 Å². The van der Waals surface area contributed by atoms with Crippen LogP contribution < -0.4 is 5.32 Å². The Morgan fingerprint density at radius 3 is 2.65 bits per heavy atom. The molecule has 2 amide bonds. The summed E-state index contributed by atoms with van der Waals surface area (Å²) >= 11 is 1.55. The monoisotopic (exact) mass is 295 g/mol. The Balaban J connectivity index is 1.68. The van der Waals surface area contributed by atoms with Crippen molar-refractivity contribution < 1.29 is 9.59 Å². The predicted octanol–water partition coefficient (Wildman–Crippen LogP) is 0.571. The van der Waals surface area contributed by atoms with Gasteiger partial charge in [-0.3, -0.25) is 9.59 Å². The first kappa shape index (κ1) is 15.0. The van der Waals surface area contributed by atoms with Crippen LogP contribution in [0.5, 0.6) is 0 Å². The largest absolute Gasteiger partial charge is 0.347 e. The van der Waals surface area contributed by atoms with Crippen molar-refractivity contribution in [3.05, 3.63) is 22.4 Å². The fraction of sp³-hybridized carbons (Fsp3) is 0.571. The van der Waals surface area contributed by atoms with Gasteiger partial charge in [0.05, 0.1) is 13.0 Å². The van der Waals surface area contributed by atoms with Crippen LogP contribution >= 0.6 is 11.3 Å². The third kappa shape index (κ3) is 4.31. The highest BCUT2D eigenvalue weighted by atomic mass is 32.1. The fourth-order valence-corrected chi connectivity index (χ4v) is 2.94. The SMILES string of the molecule is CCN1CCN(C(=O)CNC(=O)Cc2cccs2)CC1. The van der Waals surface area contributed by atoms with Crippen molar-refractivity contribution in [2.24, 2.45) is 0 Å². The van der Waals surface area contributed by atoms with E-state index in [1.165, 1.54) is 0 Å². The predicted molar refractivity (Wildman–Crippen MR) is 79.7 cm³/mol. The lowest BCUT2D eigenvalue weighted by molar-refractivity contribution is -0.134. The summed E-state index contributed by atoms with van der Waals surface area (Å²) in [6.07, 6.45) is 0.356. The van der Waals surface area contributed by atoms with Crippen molar-refractivity contribution in [2.45, 2.75) is 13.3 Å². The van der Waals surface area contributed by atoms with Gasteiger partial charge in [-0.2, -0.15) is 0 Å². The van der Waals surface area contributed by atoms with E-state index < -0.39 is 0 Å². The van der Waals surface area contributed by atoms with Gasteiger partial charge in [0, 0.05) is 31.1 Å². The summed E-state index contributed by atoms with van der Waals surface area (Å²) in [4.78, 5) is 28.9. The van der Waals surface area contributed by atoms with Gasteiger partial charge in [0.25, 0.3) is 0 Å². The van der Waals surface area contributed by atoms with E-state index in [-0.39, 0.29) is 18.4 Å². The zero-order valence-corrected chi connectivity index (χ0v) is 12.6. The normalized spacial score (nSPS) is 16.1. The van der Waals surface area contributed by atoms with Gasteiger partial charge in [-0.15, -0.1) is 11.3 Å². The topological polar surface area (TPSA) is 52.6 Å². The van der Waals surface area contributed by atoms with Gasteiger partial charge in [-0.05, 0) is 18.0 Å². The Kier molecular flexibility index (Phi) is 5.55. The Morgan fingerprint density at radius 2 is 2.05 bits per heavy atom. The molecule has 1 N–H and O–H groups in total. The van der Waals surface area contributed by atoms with Gasteiger partial charge in [-0.25, -0.2) is 0 Å². The first-order valence-corrected chi connectivity index (χ1v) is 7.86. The summed E-state index contributed by atoms with van der Waals surface area (Å²) in [5, 5.41) is 4.65. The average Bonchev–Trinajstić information content (AvgIpc) is 2.97. The zero-order chi connectivity index (χ0) is 14.4. The fourth-order valence-electron chi connectivity index (χ4n) is 2.23. The molecule has 1 saturated heterocycles. The Morgan fingerprint density at radius 1 is 1.30 bits per heavy atom. The van der Waals surface area contributed by atoms with Crippen molar-refractivity contribution in [1.29, 1.82) is 0 Å². The van der Waals surface area contributed by atoms with Crippen molar-refractivity contribution in [3.63, 3.8) is 0 Å². The van der Waals surface area contributed by atoms with E-state index in [0.717, 1.165) is 37.6 Å². The van der Waals surface area contributed by atoms with Crippen molar-refractivity contribution in [1.82, 2.24) is 15.1 Å². The quantitative estimate of drug-likeness (QED) is 0.864. The molecule has 20 heavy (non-hydrogen) atoms. The minimum absolute atomic E-state index is 0.0142. The smallest absolute Gasteiger partial charge is 0.242 e. The van der Waals surface area contributed by atoms with Crippen molar-refractivity contribution in [2.75, 3.05) is 39.3 Å². The van der Waals surface area contributed by atoms with Crippen LogP contribution in [-0.2, 0) is 16.0 Å². The average molecular weight is 295 g/mol. The summed E-state index contributed by atoms with van der Waals surface area (Å²) in [6, 6.07) is 3.85.